The van der Waals surface area contributed by atoms with Crippen molar-refractivity contribution >= 4 is 5.97 Å². The molecule has 0 radical (unpaired) electrons. The summed E-state index contributed by atoms with van der Waals surface area (Å²) in [6.07, 6.45) is 11.6. The van der Waals surface area contributed by atoms with E-state index in [2.05, 4.69) is 18.7 Å². The molecule has 0 heterocycles. The molecule has 2 rings (SSSR count). The molecule has 2 aliphatic carbocycles. The molecule has 0 spiro atoms. The second kappa shape index (κ2) is 4.69. The predicted molar refractivity (Wildman–Crippen MR) is 63.4 cm³/mol. The van der Waals surface area contributed by atoms with E-state index in [9.17, 15) is 4.79 Å². The molecule has 2 heteroatoms. The number of carbonyl (C=O) groups excluding carboxylic acids is 1. The minimum absolute atomic E-state index is 0.00517. The van der Waals surface area contributed by atoms with Crippen molar-refractivity contribution in [3.63, 3.8) is 0 Å². The SMILES string of the molecule is C=C/C=C/OC(=O)C(C)C1CC2C=CC1C2. The van der Waals surface area contributed by atoms with E-state index in [1.807, 2.05) is 6.92 Å². The van der Waals surface area contributed by atoms with Crippen LogP contribution in [0.3, 0.4) is 0 Å². The molecule has 0 aliphatic heterocycles. The summed E-state index contributed by atoms with van der Waals surface area (Å²) in [6, 6.07) is 0. The van der Waals surface area contributed by atoms with Gasteiger partial charge in [0.05, 0.1) is 12.2 Å². The van der Waals surface area contributed by atoms with Crippen LogP contribution in [0.15, 0.2) is 37.1 Å². The molecular formula is C14H18O2. The first-order valence-electron chi connectivity index (χ1n) is 5.88. The third-order valence-corrected chi connectivity index (χ3v) is 3.74. The number of hydrogen-bond donors (Lipinski definition) is 0. The molecule has 0 aromatic carbocycles. The fourth-order valence-electron chi connectivity index (χ4n) is 2.84. The standard InChI is InChI=1S/C14H18O2/c1-3-4-7-16-14(15)10(2)13-9-11-5-6-12(13)8-11/h3-7,10-13H,1,8-9H2,2H3/b7-4+. The van der Waals surface area contributed by atoms with Crippen molar-refractivity contribution in [3.05, 3.63) is 37.1 Å². The molecule has 4 unspecified atom stereocenters. The summed E-state index contributed by atoms with van der Waals surface area (Å²) in [5.41, 5.74) is 0. The minimum atomic E-state index is -0.121. The predicted octanol–water partition coefficient (Wildman–Crippen LogP) is 3.08. The molecule has 0 amide bonds. The lowest BCUT2D eigenvalue weighted by atomic mass is 9.83. The van der Waals surface area contributed by atoms with Gasteiger partial charge in [0, 0.05) is 0 Å². The van der Waals surface area contributed by atoms with Gasteiger partial charge in [-0.15, -0.1) is 0 Å². The third-order valence-electron chi connectivity index (χ3n) is 3.74. The van der Waals surface area contributed by atoms with Gasteiger partial charge < -0.3 is 4.74 Å². The molecule has 2 bridgehead atoms. The van der Waals surface area contributed by atoms with E-state index in [0.29, 0.717) is 17.8 Å². The molecule has 2 aliphatic rings. The van der Waals surface area contributed by atoms with Gasteiger partial charge in [0.15, 0.2) is 0 Å². The maximum Gasteiger partial charge on any atom is 0.313 e. The number of ether oxygens (including phenoxy) is 1. The first-order chi connectivity index (χ1) is 7.72. The van der Waals surface area contributed by atoms with E-state index in [0.717, 1.165) is 6.42 Å². The van der Waals surface area contributed by atoms with Crippen molar-refractivity contribution in [2.45, 2.75) is 19.8 Å². The molecule has 2 nitrogen and oxygen atoms in total. The van der Waals surface area contributed by atoms with Crippen LogP contribution in [0.2, 0.25) is 0 Å². The number of allylic oxidation sites excluding steroid dienone is 4. The molecular weight excluding hydrogens is 200 g/mol. The molecule has 0 aromatic rings. The van der Waals surface area contributed by atoms with Gasteiger partial charge in [-0.1, -0.05) is 31.7 Å². The minimum Gasteiger partial charge on any atom is -0.434 e. The zero-order chi connectivity index (χ0) is 11.5. The Balaban J connectivity index is 1.90. The topological polar surface area (TPSA) is 26.3 Å². The summed E-state index contributed by atoms with van der Waals surface area (Å²) in [4.78, 5) is 11.7. The van der Waals surface area contributed by atoms with Crippen molar-refractivity contribution in [1.29, 1.82) is 0 Å². The van der Waals surface area contributed by atoms with Crippen LogP contribution < -0.4 is 0 Å². The molecule has 0 aromatic heterocycles. The Morgan fingerprint density at radius 3 is 2.88 bits per heavy atom. The molecule has 4 atom stereocenters. The van der Waals surface area contributed by atoms with Crippen LogP contribution in [-0.2, 0) is 9.53 Å². The van der Waals surface area contributed by atoms with E-state index in [1.165, 1.54) is 12.7 Å². The lowest BCUT2D eigenvalue weighted by Crippen LogP contribution is -2.24. The average Bonchev–Trinajstić information content (AvgIpc) is 2.90. The zero-order valence-corrected chi connectivity index (χ0v) is 9.63. The molecule has 1 saturated carbocycles. The maximum atomic E-state index is 11.7. The largest absolute Gasteiger partial charge is 0.434 e. The highest BCUT2D eigenvalue weighted by molar-refractivity contribution is 5.73. The smallest absolute Gasteiger partial charge is 0.313 e. The number of hydrogen-bond acceptors (Lipinski definition) is 2. The van der Waals surface area contributed by atoms with Crippen LogP contribution in [0.5, 0.6) is 0 Å². The van der Waals surface area contributed by atoms with Gasteiger partial charge in [-0.2, -0.15) is 0 Å². The second-order valence-electron chi connectivity index (χ2n) is 4.73. The van der Waals surface area contributed by atoms with Gasteiger partial charge in [0.1, 0.15) is 0 Å². The van der Waals surface area contributed by atoms with Gasteiger partial charge in [-0.3, -0.25) is 4.79 Å². The Labute approximate surface area is 96.7 Å². The Hall–Kier alpha value is -1.31. The normalized spacial score (nSPS) is 33.2. The number of carbonyl (C=O) groups is 1. The van der Waals surface area contributed by atoms with Gasteiger partial charge in [-0.25, -0.2) is 0 Å². The Bertz CT molecular complexity index is 341. The van der Waals surface area contributed by atoms with E-state index in [-0.39, 0.29) is 11.9 Å². The number of esters is 1. The van der Waals surface area contributed by atoms with Gasteiger partial charge in [-0.05, 0) is 36.7 Å². The first kappa shape index (κ1) is 11.2. The van der Waals surface area contributed by atoms with E-state index >= 15 is 0 Å². The van der Waals surface area contributed by atoms with E-state index < -0.39 is 0 Å². The van der Waals surface area contributed by atoms with Crippen LogP contribution >= 0.6 is 0 Å². The van der Waals surface area contributed by atoms with Crippen LogP contribution in [0.4, 0.5) is 0 Å². The quantitative estimate of drug-likeness (QED) is 0.314. The van der Waals surface area contributed by atoms with Crippen LogP contribution in [-0.4, -0.2) is 5.97 Å². The average molecular weight is 218 g/mol. The van der Waals surface area contributed by atoms with Crippen molar-refractivity contribution in [2.75, 3.05) is 0 Å². The number of fused-ring (bicyclic) bond motifs is 2. The van der Waals surface area contributed by atoms with Crippen LogP contribution in [0.25, 0.3) is 0 Å². The molecule has 1 fully saturated rings. The maximum absolute atomic E-state index is 11.7. The van der Waals surface area contributed by atoms with Gasteiger partial charge >= 0.3 is 5.97 Å². The molecule has 16 heavy (non-hydrogen) atoms. The van der Waals surface area contributed by atoms with E-state index in [1.54, 1.807) is 12.2 Å². The Morgan fingerprint density at radius 1 is 1.50 bits per heavy atom. The number of rotatable bonds is 4. The van der Waals surface area contributed by atoms with Crippen molar-refractivity contribution in [3.8, 4) is 0 Å². The highest BCUT2D eigenvalue weighted by Crippen LogP contribution is 2.46. The lowest BCUT2D eigenvalue weighted by molar-refractivity contribution is -0.144. The molecule has 0 N–H and O–H groups in total. The summed E-state index contributed by atoms with van der Waals surface area (Å²) in [6.45, 7) is 5.50. The van der Waals surface area contributed by atoms with Crippen molar-refractivity contribution < 1.29 is 9.53 Å². The summed E-state index contributed by atoms with van der Waals surface area (Å²) < 4.78 is 5.05. The van der Waals surface area contributed by atoms with Gasteiger partial charge in [0.25, 0.3) is 0 Å². The Morgan fingerprint density at radius 2 is 2.31 bits per heavy atom. The fourth-order valence-corrected chi connectivity index (χ4v) is 2.84. The van der Waals surface area contributed by atoms with Crippen LogP contribution in [0.1, 0.15) is 19.8 Å². The first-order valence-corrected chi connectivity index (χ1v) is 5.88. The summed E-state index contributed by atoms with van der Waals surface area (Å²) in [5, 5.41) is 0. The van der Waals surface area contributed by atoms with Crippen LogP contribution in [0, 0.1) is 23.7 Å². The fraction of sp³-hybridized carbons (Fsp3) is 0.500. The summed E-state index contributed by atoms with van der Waals surface area (Å²) in [7, 11) is 0. The zero-order valence-electron chi connectivity index (χ0n) is 9.63. The summed E-state index contributed by atoms with van der Waals surface area (Å²) >= 11 is 0. The molecule has 86 valence electrons. The van der Waals surface area contributed by atoms with Crippen molar-refractivity contribution in [2.24, 2.45) is 23.7 Å². The highest BCUT2D eigenvalue weighted by Gasteiger charge is 2.41. The Kier molecular flexibility index (Phi) is 3.28. The molecule has 0 saturated heterocycles. The summed E-state index contributed by atoms with van der Waals surface area (Å²) in [5.74, 6) is 1.64. The second-order valence-corrected chi connectivity index (χ2v) is 4.73. The third kappa shape index (κ3) is 2.11. The van der Waals surface area contributed by atoms with E-state index in [4.69, 9.17) is 4.74 Å². The monoisotopic (exact) mass is 218 g/mol. The highest BCUT2D eigenvalue weighted by atomic mass is 16.5. The van der Waals surface area contributed by atoms with Gasteiger partial charge in [0.2, 0.25) is 0 Å². The van der Waals surface area contributed by atoms with Crippen molar-refractivity contribution in [1.82, 2.24) is 0 Å². The lowest BCUT2D eigenvalue weighted by Gasteiger charge is -2.23.